The van der Waals surface area contributed by atoms with Crippen LogP contribution in [-0.2, 0) is 16.0 Å². The molecule has 0 saturated carbocycles. The fourth-order valence-corrected chi connectivity index (χ4v) is 2.70. The molecule has 0 N–H and O–H groups in total. The number of halogens is 2. The number of aryl methyl sites for hydroxylation is 1. The van der Waals surface area contributed by atoms with Gasteiger partial charge in [-0.15, -0.1) is 0 Å². The molecule has 4 nitrogen and oxygen atoms in total. The van der Waals surface area contributed by atoms with Gasteiger partial charge in [-0.2, -0.15) is 0 Å². The SMILES string of the molecule is COc1ccc(/C=C2/N=C(CCc3ccccc3F)OC2=O)cc1Cl. The summed E-state index contributed by atoms with van der Waals surface area (Å²) in [7, 11) is 1.53. The van der Waals surface area contributed by atoms with E-state index in [-0.39, 0.29) is 17.4 Å². The largest absolute Gasteiger partial charge is 0.495 e. The first-order valence-electron chi connectivity index (χ1n) is 7.65. The highest BCUT2D eigenvalue weighted by atomic mass is 35.5. The molecule has 1 aliphatic rings. The summed E-state index contributed by atoms with van der Waals surface area (Å²) in [5, 5.41) is 0.437. The van der Waals surface area contributed by atoms with Crippen LogP contribution in [0, 0.1) is 5.82 Å². The van der Waals surface area contributed by atoms with Crippen molar-refractivity contribution in [2.75, 3.05) is 7.11 Å². The first kappa shape index (κ1) is 17.2. The molecule has 0 aliphatic carbocycles. The Morgan fingerprint density at radius 1 is 1.24 bits per heavy atom. The van der Waals surface area contributed by atoms with E-state index in [2.05, 4.69) is 4.99 Å². The van der Waals surface area contributed by atoms with Gasteiger partial charge in [0.15, 0.2) is 11.6 Å². The molecule has 1 aliphatic heterocycles. The molecule has 0 aromatic heterocycles. The summed E-state index contributed by atoms with van der Waals surface area (Å²) in [6.07, 6.45) is 2.33. The van der Waals surface area contributed by atoms with E-state index < -0.39 is 5.97 Å². The van der Waals surface area contributed by atoms with Crippen molar-refractivity contribution in [3.05, 3.63) is 70.1 Å². The van der Waals surface area contributed by atoms with Crippen molar-refractivity contribution in [3.63, 3.8) is 0 Å². The van der Waals surface area contributed by atoms with Crippen LogP contribution in [0.5, 0.6) is 5.75 Å². The summed E-state index contributed by atoms with van der Waals surface area (Å²) in [5.41, 5.74) is 1.45. The number of ether oxygens (including phenoxy) is 2. The predicted octanol–water partition coefficient (Wildman–Crippen LogP) is 4.42. The van der Waals surface area contributed by atoms with Gasteiger partial charge in [0.05, 0.1) is 12.1 Å². The number of hydrogen-bond donors (Lipinski definition) is 0. The van der Waals surface area contributed by atoms with Crippen LogP contribution in [0.25, 0.3) is 6.08 Å². The van der Waals surface area contributed by atoms with E-state index in [1.54, 1.807) is 42.5 Å². The molecule has 0 radical (unpaired) electrons. The summed E-state index contributed by atoms with van der Waals surface area (Å²) in [5.74, 6) is 0.0116. The van der Waals surface area contributed by atoms with E-state index in [4.69, 9.17) is 21.1 Å². The van der Waals surface area contributed by atoms with Crippen LogP contribution in [0.3, 0.4) is 0 Å². The molecule has 0 spiro atoms. The molecule has 0 fully saturated rings. The Bertz CT molecular complexity index is 877. The van der Waals surface area contributed by atoms with Gasteiger partial charge < -0.3 is 9.47 Å². The fraction of sp³-hybridized carbons (Fsp3) is 0.158. The third-order valence-corrected chi connectivity index (χ3v) is 4.01. The Labute approximate surface area is 149 Å². The van der Waals surface area contributed by atoms with Gasteiger partial charge in [0, 0.05) is 6.42 Å². The zero-order valence-corrected chi connectivity index (χ0v) is 14.2. The first-order chi connectivity index (χ1) is 12.1. The minimum Gasteiger partial charge on any atom is -0.495 e. The maximum absolute atomic E-state index is 13.6. The van der Waals surface area contributed by atoms with Crippen LogP contribution >= 0.6 is 11.6 Å². The van der Waals surface area contributed by atoms with Crippen LogP contribution in [0.4, 0.5) is 4.39 Å². The highest BCUT2D eigenvalue weighted by molar-refractivity contribution is 6.32. The number of carbonyl (C=O) groups excluding carboxylic acids is 1. The van der Waals surface area contributed by atoms with Gasteiger partial charge in [0.2, 0.25) is 0 Å². The van der Waals surface area contributed by atoms with Crippen molar-refractivity contribution in [1.29, 1.82) is 0 Å². The molecule has 0 atom stereocenters. The summed E-state index contributed by atoms with van der Waals surface area (Å²) in [6, 6.07) is 11.6. The van der Waals surface area contributed by atoms with E-state index in [9.17, 15) is 9.18 Å². The van der Waals surface area contributed by atoms with Crippen molar-refractivity contribution < 1.29 is 18.7 Å². The monoisotopic (exact) mass is 359 g/mol. The smallest absolute Gasteiger partial charge is 0.363 e. The average molecular weight is 360 g/mol. The second-order valence-electron chi connectivity index (χ2n) is 5.41. The number of benzene rings is 2. The van der Waals surface area contributed by atoms with Crippen molar-refractivity contribution >= 4 is 29.5 Å². The summed E-state index contributed by atoms with van der Waals surface area (Å²) in [6.45, 7) is 0. The number of hydrogen-bond acceptors (Lipinski definition) is 4. The van der Waals surface area contributed by atoms with E-state index in [1.807, 2.05) is 0 Å². The van der Waals surface area contributed by atoms with Crippen molar-refractivity contribution in [1.82, 2.24) is 0 Å². The molecule has 0 unspecified atom stereocenters. The summed E-state index contributed by atoms with van der Waals surface area (Å²) >= 11 is 6.07. The highest BCUT2D eigenvalue weighted by Crippen LogP contribution is 2.27. The number of carbonyl (C=O) groups is 1. The number of rotatable bonds is 5. The Balaban J connectivity index is 1.73. The number of aliphatic imine (C=N–C) groups is 1. The predicted molar refractivity (Wildman–Crippen MR) is 94.2 cm³/mol. The molecule has 0 bridgehead atoms. The summed E-state index contributed by atoms with van der Waals surface area (Å²) < 4.78 is 23.9. The number of methoxy groups -OCH3 is 1. The Kier molecular flexibility index (Phi) is 5.14. The minimum absolute atomic E-state index is 0.185. The number of nitrogens with zero attached hydrogens (tertiary/aromatic N) is 1. The zero-order valence-electron chi connectivity index (χ0n) is 13.5. The van der Waals surface area contributed by atoms with E-state index in [0.717, 1.165) is 0 Å². The quantitative estimate of drug-likeness (QED) is 0.586. The second kappa shape index (κ2) is 7.49. The lowest BCUT2D eigenvalue weighted by Crippen LogP contribution is -2.05. The lowest BCUT2D eigenvalue weighted by atomic mass is 10.1. The molecule has 128 valence electrons. The summed E-state index contributed by atoms with van der Waals surface area (Å²) in [4.78, 5) is 16.1. The topological polar surface area (TPSA) is 47.9 Å². The normalized spacial score (nSPS) is 15.2. The highest BCUT2D eigenvalue weighted by Gasteiger charge is 2.23. The van der Waals surface area contributed by atoms with E-state index >= 15 is 0 Å². The molecule has 2 aromatic rings. The van der Waals surface area contributed by atoms with Gasteiger partial charge in [-0.05, 0) is 41.8 Å². The zero-order chi connectivity index (χ0) is 17.8. The molecule has 0 amide bonds. The van der Waals surface area contributed by atoms with Crippen LogP contribution in [0.2, 0.25) is 5.02 Å². The van der Waals surface area contributed by atoms with Crippen molar-refractivity contribution in [2.24, 2.45) is 4.99 Å². The van der Waals surface area contributed by atoms with Crippen LogP contribution in [-0.4, -0.2) is 19.0 Å². The van der Waals surface area contributed by atoms with Gasteiger partial charge in [0.25, 0.3) is 0 Å². The Morgan fingerprint density at radius 3 is 2.76 bits per heavy atom. The molecule has 1 heterocycles. The van der Waals surface area contributed by atoms with Gasteiger partial charge in [0.1, 0.15) is 11.6 Å². The number of cyclic esters (lactones) is 1. The average Bonchev–Trinajstić information content (AvgIpc) is 2.94. The van der Waals surface area contributed by atoms with Crippen LogP contribution in [0.15, 0.2) is 53.2 Å². The molecule has 0 saturated heterocycles. The lowest BCUT2D eigenvalue weighted by molar-refractivity contribution is -0.130. The third-order valence-electron chi connectivity index (χ3n) is 3.71. The Hall–Kier alpha value is -2.66. The number of esters is 1. The second-order valence-corrected chi connectivity index (χ2v) is 5.82. The molecule has 25 heavy (non-hydrogen) atoms. The van der Waals surface area contributed by atoms with Gasteiger partial charge in [-0.3, -0.25) is 0 Å². The molecule has 6 heteroatoms. The van der Waals surface area contributed by atoms with Gasteiger partial charge >= 0.3 is 5.97 Å². The van der Waals surface area contributed by atoms with Crippen molar-refractivity contribution in [3.8, 4) is 5.75 Å². The Morgan fingerprint density at radius 2 is 2.04 bits per heavy atom. The van der Waals surface area contributed by atoms with Crippen LogP contribution in [0.1, 0.15) is 17.5 Å². The molecular weight excluding hydrogens is 345 g/mol. The minimum atomic E-state index is -0.532. The third kappa shape index (κ3) is 4.06. The molecular formula is C19H15ClFNO3. The van der Waals surface area contributed by atoms with Gasteiger partial charge in [-0.25, -0.2) is 14.2 Å². The van der Waals surface area contributed by atoms with Gasteiger partial charge in [-0.1, -0.05) is 35.9 Å². The van der Waals surface area contributed by atoms with Crippen molar-refractivity contribution in [2.45, 2.75) is 12.8 Å². The maximum atomic E-state index is 13.6. The maximum Gasteiger partial charge on any atom is 0.363 e. The van der Waals surface area contributed by atoms with E-state index in [1.165, 1.54) is 13.2 Å². The van der Waals surface area contributed by atoms with Crippen LogP contribution < -0.4 is 4.74 Å². The lowest BCUT2D eigenvalue weighted by Gasteiger charge is -2.03. The first-order valence-corrected chi connectivity index (χ1v) is 8.03. The molecule has 2 aromatic carbocycles. The van der Waals surface area contributed by atoms with E-state index in [0.29, 0.717) is 34.7 Å². The standard InChI is InChI=1S/C19H15ClFNO3/c1-24-17-8-6-12(10-14(17)20)11-16-19(23)25-18(22-16)9-7-13-4-2-3-5-15(13)21/h2-6,8,10-11H,7,9H2,1H3/b16-11+. The molecule has 3 rings (SSSR count). The fourth-order valence-electron chi connectivity index (χ4n) is 2.43.